The fraction of sp³-hybridized carbons (Fsp3) is 0.458. The quantitative estimate of drug-likeness (QED) is 0.673. The van der Waals surface area contributed by atoms with Crippen LogP contribution in [0.4, 0.5) is 0 Å². The molecule has 1 aromatic carbocycles. The first-order valence-electron chi connectivity index (χ1n) is 10.8. The summed E-state index contributed by atoms with van der Waals surface area (Å²) in [4.78, 5) is 8.26. The highest BCUT2D eigenvalue weighted by Gasteiger charge is 2.52. The molecule has 0 radical (unpaired) electrons. The third-order valence-electron chi connectivity index (χ3n) is 6.96. The first kappa shape index (κ1) is 18.4. The number of ether oxygens (including phenoxy) is 3. The predicted molar refractivity (Wildman–Crippen MR) is 113 cm³/mol. The molecule has 3 aliphatic rings. The van der Waals surface area contributed by atoms with Gasteiger partial charge in [0.1, 0.15) is 6.10 Å². The molecule has 4 heterocycles. The lowest BCUT2D eigenvalue weighted by atomic mass is 9.95. The van der Waals surface area contributed by atoms with Crippen LogP contribution in [0.5, 0.6) is 5.88 Å². The van der Waals surface area contributed by atoms with Gasteiger partial charge in [0, 0.05) is 29.9 Å². The van der Waals surface area contributed by atoms with Gasteiger partial charge in [-0.1, -0.05) is 24.3 Å². The van der Waals surface area contributed by atoms with Crippen molar-refractivity contribution in [3.05, 3.63) is 47.5 Å². The molecule has 2 saturated heterocycles. The number of aromatic amines is 1. The molecule has 30 heavy (non-hydrogen) atoms. The lowest BCUT2D eigenvalue weighted by Gasteiger charge is -2.26. The number of fused-ring (bicyclic) bond motifs is 2. The van der Waals surface area contributed by atoms with Gasteiger partial charge in [-0.05, 0) is 37.0 Å². The highest BCUT2D eigenvalue weighted by molar-refractivity contribution is 5.82. The maximum atomic E-state index is 9.67. The highest BCUT2D eigenvalue weighted by atomic mass is 16.7. The van der Waals surface area contributed by atoms with Crippen molar-refractivity contribution in [2.75, 3.05) is 19.8 Å². The van der Waals surface area contributed by atoms with Crippen LogP contribution in [-0.2, 0) is 14.9 Å². The van der Waals surface area contributed by atoms with E-state index in [-0.39, 0.29) is 18.1 Å². The van der Waals surface area contributed by atoms with Crippen molar-refractivity contribution in [1.82, 2.24) is 9.97 Å². The molecule has 2 aromatic heterocycles. The molecule has 1 aliphatic carbocycles. The van der Waals surface area contributed by atoms with Gasteiger partial charge >= 0.3 is 0 Å². The Kier molecular flexibility index (Phi) is 4.01. The van der Waals surface area contributed by atoms with E-state index in [9.17, 15) is 5.11 Å². The molecule has 0 spiro atoms. The van der Waals surface area contributed by atoms with E-state index in [4.69, 9.17) is 19.2 Å². The summed E-state index contributed by atoms with van der Waals surface area (Å²) in [7, 11) is 0. The van der Waals surface area contributed by atoms with Crippen molar-refractivity contribution in [3.63, 3.8) is 0 Å². The molecule has 6 nitrogen and oxygen atoms in total. The second kappa shape index (κ2) is 6.54. The zero-order valence-corrected chi connectivity index (χ0v) is 17.1. The summed E-state index contributed by atoms with van der Waals surface area (Å²) < 4.78 is 18.0. The van der Waals surface area contributed by atoms with Crippen molar-refractivity contribution < 1.29 is 19.3 Å². The van der Waals surface area contributed by atoms with Crippen LogP contribution >= 0.6 is 0 Å². The van der Waals surface area contributed by atoms with Crippen LogP contribution in [0.1, 0.15) is 36.8 Å². The van der Waals surface area contributed by atoms with Crippen LogP contribution in [0.15, 0.2) is 36.4 Å². The van der Waals surface area contributed by atoms with Gasteiger partial charge in [-0.15, -0.1) is 0 Å². The van der Waals surface area contributed by atoms with E-state index in [0.717, 1.165) is 53.5 Å². The Labute approximate surface area is 175 Å². The second-order valence-electron chi connectivity index (χ2n) is 8.90. The van der Waals surface area contributed by atoms with E-state index in [1.165, 1.54) is 5.56 Å². The van der Waals surface area contributed by atoms with Gasteiger partial charge in [0.25, 0.3) is 0 Å². The van der Waals surface area contributed by atoms with Crippen LogP contribution < -0.4 is 4.74 Å². The number of hydrogen-bond donors (Lipinski definition) is 2. The minimum Gasteiger partial charge on any atom is -0.444 e. The molecule has 6 rings (SSSR count). The van der Waals surface area contributed by atoms with E-state index < -0.39 is 5.79 Å². The third-order valence-corrected chi connectivity index (χ3v) is 6.96. The Bertz CT molecular complexity index is 1090. The minimum absolute atomic E-state index is 0.00126. The van der Waals surface area contributed by atoms with E-state index in [1.54, 1.807) is 0 Å². The normalized spacial score (nSPS) is 26.8. The molecular formula is C24H26N2O4. The number of aliphatic hydroxyl groups excluding tert-OH is 1. The first-order valence-corrected chi connectivity index (χ1v) is 10.8. The van der Waals surface area contributed by atoms with Crippen LogP contribution in [0.3, 0.4) is 0 Å². The molecule has 2 atom stereocenters. The largest absolute Gasteiger partial charge is 0.444 e. The monoisotopic (exact) mass is 406 g/mol. The maximum Gasteiger partial charge on any atom is 0.241 e. The second-order valence-corrected chi connectivity index (χ2v) is 8.90. The summed E-state index contributed by atoms with van der Waals surface area (Å²) in [5, 5.41) is 9.67. The lowest BCUT2D eigenvalue weighted by molar-refractivity contribution is -0.165. The van der Waals surface area contributed by atoms with E-state index in [2.05, 4.69) is 42.2 Å². The van der Waals surface area contributed by atoms with Gasteiger partial charge in [0.2, 0.25) is 5.79 Å². The van der Waals surface area contributed by atoms with Crippen molar-refractivity contribution in [2.24, 2.45) is 0 Å². The molecule has 2 N–H and O–H groups in total. The van der Waals surface area contributed by atoms with Gasteiger partial charge in [0.05, 0.1) is 36.5 Å². The summed E-state index contributed by atoms with van der Waals surface area (Å²) in [6.07, 6.45) is 3.74. The third kappa shape index (κ3) is 2.78. The molecule has 0 bridgehead atoms. The number of rotatable bonds is 5. The van der Waals surface area contributed by atoms with E-state index in [0.29, 0.717) is 19.1 Å². The maximum absolute atomic E-state index is 9.67. The summed E-state index contributed by atoms with van der Waals surface area (Å²) in [5.74, 6) is 0.000443. The molecule has 0 amide bonds. The molecule has 3 fully saturated rings. The van der Waals surface area contributed by atoms with Gasteiger partial charge in [0.15, 0.2) is 5.88 Å². The Hall–Kier alpha value is -2.41. The Morgan fingerprint density at radius 3 is 2.77 bits per heavy atom. The molecule has 3 aromatic rings. The van der Waals surface area contributed by atoms with Gasteiger partial charge in [-0.3, -0.25) is 0 Å². The first-order chi connectivity index (χ1) is 14.6. The van der Waals surface area contributed by atoms with Gasteiger partial charge < -0.3 is 24.3 Å². The Morgan fingerprint density at radius 2 is 2.00 bits per heavy atom. The van der Waals surface area contributed by atoms with Crippen molar-refractivity contribution in [3.8, 4) is 17.1 Å². The van der Waals surface area contributed by atoms with E-state index in [1.807, 2.05) is 6.07 Å². The zero-order chi connectivity index (χ0) is 20.3. The number of aromatic nitrogens is 2. The van der Waals surface area contributed by atoms with E-state index >= 15 is 0 Å². The molecule has 1 saturated carbocycles. The average molecular weight is 406 g/mol. The summed E-state index contributed by atoms with van der Waals surface area (Å²) in [6.45, 7) is 3.63. The lowest BCUT2D eigenvalue weighted by Crippen LogP contribution is -2.41. The molecular weight excluding hydrogens is 380 g/mol. The average Bonchev–Trinajstić information content (AvgIpc) is 3.08. The Morgan fingerprint density at radius 1 is 1.17 bits per heavy atom. The zero-order valence-electron chi connectivity index (χ0n) is 17.1. The standard InChI is InChI=1S/C24H26N2O4/c1-15-12-18-19(13-21(25-18)30-24-9-11-28-20(24)6-10-29-24)26-22(15)16-2-4-17(5-3-16)23(14-27)7-8-23/h2-5,12-13,20,25,27H,6-11,14H2,1H3/t20?,24-/m0/s1. The molecule has 156 valence electrons. The Balaban J connectivity index is 1.31. The predicted octanol–water partition coefficient (Wildman–Crippen LogP) is 3.85. The van der Waals surface area contributed by atoms with Crippen LogP contribution in [0.25, 0.3) is 22.3 Å². The molecule has 2 aliphatic heterocycles. The van der Waals surface area contributed by atoms with Crippen LogP contribution in [0, 0.1) is 6.92 Å². The minimum atomic E-state index is -0.667. The number of nitrogens with one attached hydrogen (secondary N) is 1. The number of hydrogen-bond acceptors (Lipinski definition) is 5. The number of H-pyrrole nitrogens is 1. The van der Waals surface area contributed by atoms with Crippen LogP contribution in [0.2, 0.25) is 0 Å². The van der Waals surface area contributed by atoms with Crippen molar-refractivity contribution in [2.45, 2.75) is 49.9 Å². The number of aryl methyl sites for hydroxylation is 1. The molecule has 1 unspecified atom stereocenters. The number of pyridine rings is 1. The van der Waals surface area contributed by atoms with Crippen molar-refractivity contribution in [1.29, 1.82) is 0 Å². The highest BCUT2D eigenvalue weighted by Crippen LogP contribution is 2.48. The number of benzene rings is 1. The summed E-state index contributed by atoms with van der Waals surface area (Å²) in [5.41, 5.74) is 6.17. The summed E-state index contributed by atoms with van der Waals surface area (Å²) in [6, 6.07) is 12.6. The topological polar surface area (TPSA) is 76.6 Å². The van der Waals surface area contributed by atoms with Crippen LogP contribution in [-0.4, -0.2) is 46.8 Å². The number of nitrogens with zero attached hydrogens (tertiary/aromatic N) is 1. The smallest absolute Gasteiger partial charge is 0.241 e. The fourth-order valence-electron chi connectivity index (χ4n) is 4.92. The summed E-state index contributed by atoms with van der Waals surface area (Å²) >= 11 is 0. The van der Waals surface area contributed by atoms with Crippen molar-refractivity contribution >= 4 is 11.0 Å². The van der Waals surface area contributed by atoms with Gasteiger partial charge in [-0.25, -0.2) is 4.98 Å². The molecule has 6 heteroatoms. The fourth-order valence-corrected chi connectivity index (χ4v) is 4.92. The van der Waals surface area contributed by atoms with Gasteiger partial charge in [-0.2, -0.15) is 0 Å². The number of aliphatic hydroxyl groups is 1. The SMILES string of the molecule is Cc1cc2[nH]c(O[C@@]34CCOC3CCO4)cc2nc1-c1ccc(C2(CO)CC2)cc1.